The highest BCUT2D eigenvalue weighted by molar-refractivity contribution is 5.70. The maximum Gasteiger partial charge on any atom is 0.306 e. The molecule has 0 fully saturated rings. The lowest BCUT2D eigenvalue weighted by molar-refractivity contribution is -0.870. The van der Waals surface area contributed by atoms with Gasteiger partial charge in [0.05, 0.1) is 40.3 Å². The third-order valence-electron chi connectivity index (χ3n) is 21.4. The van der Waals surface area contributed by atoms with Crippen molar-refractivity contribution in [1.82, 2.24) is 0 Å². The molecular formula is C94H179NO8. The number of carboxylic acids is 1. The van der Waals surface area contributed by atoms with Gasteiger partial charge in [0.15, 0.2) is 12.4 Å². The number of hydrogen-bond acceptors (Lipinski definition) is 8. The van der Waals surface area contributed by atoms with E-state index in [1.54, 1.807) is 0 Å². The van der Waals surface area contributed by atoms with Crippen LogP contribution in [0.4, 0.5) is 0 Å². The lowest BCUT2D eigenvalue weighted by Crippen LogP contribution is -2.44. The quantitative estimate of drug-likeness (QED) is 0.0195. The zero-order valence-corrected chi connectivity index (χ0v) is 70.0. The van der Waals surface area contributed by atoms with Crippen LogP contribution in [0.15, 0.2) is 36.5 Å². The van der Waals surface area contributed by atoms with E-state index < -0.39 is 24.3 Å². The van der Waals surface area contributed by atoms with Crippen LogP contribution < -0.4 is 5.11 Å². The van der Waals surface area contributed by atoms with Gasteiger partial charge >= 0.3 is 11.9 Å². The molecule has 2 atom stereocenters. The molecule has 0 saturated carbocycles. The van der Waals surface area contributed by atoms with Crippen LogP contribution in [0.2, 0.25) is 0 Å². The SMILES string of the molecule is CCCCCCC/C=C\C/C=C\C/C=C\CCCCCCCCCCCCCCCCCCCCCCCCC(=O)OC(COC(=O)CCCCCCCCCCCCCCCCCCCCCCCCCCCCCCCCCCCCCCCCCCC)COC(OCC[N+](C)(C)C)C(=O)[O-]. The summed E-state index contributed by atoms with van der Waals surface area (Å²) in [6, 6.07) is 0. The Hall–Kier alpha value is -2.49. The lowest BCUT2D eigenvalue weighted by atomic mass is 10.0. The fourth-order valence-electron chi connectivity index (χ4n) is 14.4. The number of carboxylic acid groups (broad SMARTS) is 1. The van der Waals surface area contributed by atoms with E-state index in [2.05, 4.69) is 50.3 Å². The molecule has 0 rings (SSSR count). The Balaban J connectivity index is 3.87. The number of quaternary nitrogens is 1. The number of rotatable bonds is 88. The molecule has 9 nitrogen and oxygen atoms in total. The number of aliphatic carboxylic acids is 1. The van der Waals surface area contributed by atoms with Crippen molar-refractivity contribution in [2.24, 2.45) is 0 Å². The van der Waals surface area contributed by atoms with E-state index in [9.17, 15) is 19.5 Å². The first kappa shape index (κ1) is 101. The molecule has 103 heavy (non-hydrogen) atoms. The highest BCUT2D eigenvalue weighted by Crippen LogP contribution is 2.21. The van der Waals surface area contributed by atoms with Gasteiger partial charge in [0, 0.05) is 12.8 Å². The van der Waals surface area contributed by atoms with Crippen LogP contribution in [-0.4, -0.2) is 82.3 Å². The normalized spacial score (nSPS) is 12.7. The highest BCUT2D eigenvalue weighted by atomic mass is 16.7. The van der Waals surface area contributed by atoms with Crippen LogP contribution in [0, 0.1) is 0 Å². The van der Waals surface area contributed by atoms with Crippen LogP contribution in [0.25, 0.3) is 0 Å². The van der Waals surface area contributed by atoms with Crippen molar-refractivity contribution in [2.75, 3.05) is 47.5 Å². The molecule has 0 amide bonds. The monoisotopic (exact) mass is 1450 g/mol. The van der Waals surface area contributed by atoms with Gasteiger partial charge in [-0.15, -0.1) is 0 Å². The Morgan fingerprint density at radius 2 is 0.524 bits per heavy atom. The summed E-state index contributed by atoms with van der Waals surface area (Å²) in [5, 5.41) is 11.9. The first-order valence-corrected chi connectivity index (χ1v) is 46.1. The summed E-state index contributed by atoms with van der Waals surface area (Å²) in [6.45, 7) is 4.83. The van der Waals surface area contributed by atoms with Gasteiger partial charge in [-0.25, -0.2) is 0 Å². The molecule has 0 aliphatic carbocycles. The molecule has 0 heterocycles. The van der Waals surface area contributed by atoms with Gasteiger partial charge in [0.1, 0.15) is 13.2 Å². The molecule has 0 spiro atoms. The average Bonchev–Trinajstić information content (AvgIpc) is 1.16. The minimum absolute atomic E-state index is 0.152. The van der Waals surface area contributed by atoms with Crippen molar-refractivity contribution in [3.8, 4) is 0 Å². The summed E-state index contributed by atoms with van der Waals surface area (Å²) in [4.78, 5) is 37.7. The van der Waals surface area contributed by atoms with E-state index in [0.29, 0.717) is 17.4 Å². The first-order chi connectivity index (χ1) is 50.6. The van der Waals surface area contributed by atoms with Crippen molar-refractivity contribution >= 4 is 17.9 Å². The molecule has 0 aliphatic rings. The van der Waals surface area contributed by atoms with Crippen LogP contribution in [-0.2, 0) is 33.3 Å². The summed E-state index contributed by atoms with van der Waals surface area (Å²) in [7, 11) is 5.96. The number of ether oxygens (including phenoxy) is 4. The fourth-order valence-corrected chi connectivity index (χ4v) is 14.4. The van der Waals surface area contributed by atoms with Crippen LogP contribution in [0.3, 0.4) is 0 Å². The molecule has 0 aromatic rings. The minimum atomic E-state index is -1.62. The molecular weight excluding hydrogens is 1270 g/mol. The summed E-state index contributed by atoms with van der Waals surface area (Å²) in [6.07, 6.45) is 109. The molecule has 0 saturated heterocycles. The molecule has 0 bridgehead atoms. The van der Waals surface area contributed by atoms with Gasteiger partial charge < -0.3 is 33.3 Å². The maximum absolute atomic E-state index is 13.0. The molecule has 0 aromatic carbocycles. The van der Waals surface area contributed by atoms with Crippen LogP contribution >= 0.6 is 0 Å². The molecule has 0 radical (unpaired) electrons. The van der Waals surface area contributed by atoms with Gasteiger partial charge in [-0.1, -0.05) is 461 Å². The first-order valence-electron chi connectivity index (χ1n) is 46.1. The van der Waals surface area contributed by atoms with E-state index >= 15 is 0 Å². The molecule has 0 aliphatic heterocycles. The third kappa shape index (κ3) is 86.6. The second-order valence-corrected chi connectivity index (χ2v) is 33.0. The minimum Gasteiger partial charge on any atom is -0.545 e. The molecule has 0 N–H and O–H groups in total. The third-order valence-corrected chi connectivity index (χ3v) is 21.4. The van der Waals surface area contributed by atoms with Crippen LogP contribution in [0.5, 0.6) is 0 Å². The van der Waals surface area contributed by atoms with Crippen molar-refractivity contribution < 1.29 is 42.9 Å². The van der Waals surface area contributed by atoms with Gasteiger partial charge in [-0.2, -0.15) is 0 Å². The van der Waals surface area contributed by atoms with E-state index in [4.69, 9.17) is 18.9 Å². The number of allylic oxidation sites excluding steroid dienone is 6. The summed E-state index contributed by atoms with van der Waals surface area (Å²) in [5.74, 6) is -2.24. The molecule has 9 heteroatoms. The predicted octanol–water partition coefficient (Wildman–Crippen LogP) is 28.8. The Morgan fingerprint density at radius 3 is 0.777 bits per heavy atom. The Bertz CT molecular complexity index is 1790. The van der Waals surface area contributed by atoms with Crippen molar-refractivity contribution in [3.63, 3.8) is 0 Å². The topological polar surface area (TPSA) is 111 Å². The molecule has 608 valence electrons. The van der Waals surface area contributed by atoms with E-state index in [1.165, 1.54) is 411 Å². The number of esters is 2. The number of unbranched alkanes of at least 4 members (excludes halogenated alkanes) is 67. The van der Waals surface area contributed by atoms with Crippen LogP contribution in [0.1, 0.15) is 489 Å². The number of likely N-dealkylation sites (N-methyl/N-ethyl adjacent to an activating group) is 1. The summed E-state index contributed by atoms with van der Waals surface area (Å²) in [5.41, 5.74) is 0. The maximum atomic E-state index is 13.0. The lowest BCUT2D eigenvalue weighted by Gasteiger charge is -2.26. The predicted molar refractivity (Wildman–Crippen MR) is 445 cm³/mol. The summed E-state index contributed by atoms with van der Waals surface area (Å²) < 4.78 is 22.9. The number of carbonyl (C=O) groups excluding carboxylic acids is 3. The number of carbonyl (C=O) groups is 3. The van der Waals surface area contributed by atoms with E-state index in [-0.39, 0.29) is 32.2 Å². The molecule has 0 aromatic heterocycles. The van der Waals surface area contributed by atoms with Crippen molar-refractivity contribution in [3.05, 3.63) is 36.5 Å². The zero-order chi connectivity index (χ0) is 74.6. The van der Waals surface area contributed by atoms with Gasteiger partial charge in [-0.3, -0.25) is 9.59 Å². The van der Waals surface area contributed by atoms with E-state index in [1.807, 2.05) is 21.1 Å². The summed E-state index contributed by atoms with van der Waals surface area (Å²) >= 11 is 0. The van der Waals surface area contributed by atoms with Crippen molar-refractivity contribution in [1.29, 1.82) is 0 Å². The largest absolute Gasteiger partial charge is 0.545 e. The number of nitrogens with zero attached hydrogens (tertiary/aromatic N) is 1. The van der Waals surface area contributed by atoms with Gasteiger partial charge in [0.25, 0.3) is 0 Å². The smallest absolute Gasteiger partial charge is 0.306 e. The standard InChI is InChI=1S/C94H179NO8/c1-6-8-10-12-14-16-18-20-22-24-26-28-30-32-34-36-38-40-42-44-45-46-47-49-50-52-54-56-58-60-62-64-66-68-70-72-74-76-78-80-82-84-91(96)101-88-90(89-102-94(93(98)99)100-87-86-95(3,4)5)103-92(97)85-83-81-79-77-75-73-71-69-67-65-63-61-59-57-55-53-51-48-43-41-39-37-35-33-31-29-27-25-23-21-19-17-15-13-11-9-7-2/h19,21,25,27,31,33,90,94H,6-18,20,22-24,26,28-30,32,34-89H2,1-5H3/b21-19-,27-25-,33-31-. The second-order valence-electron chi connectivity index (χ2n) is 33.0. The molecule has 2 unspecified atom stereocenters. The Labute approximate surface area is 642 Å². The number of hydrogen-bond donors (Lipinski definition) is 0. The zero-order valence-electron chi connectivity index (χ0n) is 70.0. The van der Waals surface area contributed by atoms with Gasteiger partial charge in [-0.05, 0) is 51.4 Å². The Kier molecular flexibility index (Phi) is 83.1. The Morgan fingerprint density at radius 1 is 0.291 bits per heavy atom. The van der Waals surface area contributed by atoms with E-state index in [0.717, 1.165) is 51.4 Å². The second kappa shape index (κ2) is 85.1. The van der Waals surface area contributed by atoms with Gasteiger partial charge in [0.2, 0.25) is 0 Å². The highest BCUT2D eigenvalue weighted by Gasteiger charge is 2.22. The fraction of sp³-hybridized carbons (Fsp3) is 0.904. The average molecular weight is 1450 g/mol. The van der Waals surface area contributed by atoms with Crippen molar-refractivity contribution in [2.45, 2.75) is 501 Å².